The Morgan fingerprint density at radius 3 is 1.76 bits per heavy atom. The van der Waals surface area contributed by atoms with E-state index in [0.29, 0.717) is 16.3 Å². The van der Waals surface area contributed by atoms with Crippen molar-refractivity contribution in [3.8, 4) is 0 Å². The maximum atomic E-state index is 12.5. The molecule has 0 aliphatic carbocycles. The fourth-order valence-electron chi connectivity index (χ4n) is 5.03. The molecule has 5 aromatic carbocycles. The number of H-pyrrole nitrogens is 1. The average molecular weight is 1050 g/mol. The second-order valence-corrected chi connectivity index (χ2v) is 15.2. The summed E-state index contributed by atoms with van der Waals surface area (Å²) in [5, 5.41) is 30.2. The zero-order chi connectivity index (χ0) is 42.8. The zero-order valence-electron chi connectivity index (χ0n) is 32.0. The first-order valence-corrected chi connectivity index (χ1v) is 20.4. The number of hydrogen-bond acceptors (Lipinski definition) is 8. The maximum absolute atomic E-state index is 12.5. The summed E-state index contributed by atoms with van der Waals surface area (Å²) in [4.78, 5) is 20.5. The lowest BCUT2D eigenvalue weighted by Crippen LogP contribution is -1.88. The molecule has 0 aliphatic heterocycles. The Morgan fingerprint density at radius 1 is 0.638 bits per heavy atom. The summed E-state index contributed by atoms with van der Waals surface area (Å²) in [6, 6.07) is 27.9. The fourth-order valence-corrected chi connectivity index (χ4v) is 6.54. The SMILES string of the molecule is Brc1ccc2[nH]ncc2c1.CC.Cn1cc2cc(Br)ccc2n1.Cn1ncc2cc(Br)ccc21.Cn1ncc2cc(C=O)ccc21.NO.O=Cc1cc(Br)ccc1F. The van der Waals surface area contributed by atoms with Crippen LogP contribution in [0.2, 0.25) is 0 Å². The van der Waals surface area contributed by atoms with Gasteiger partial charge in [0.2, 0.25) is 0 Å². The molecule has 58 heavy (non-hydrogen) atoms. The highest BCUT2D eigenvalue weighted by Crippen LogP contribution is 2.20. The van der Waals surface area contributed by atoms with Gasteiger partial charge in [0.1, 0.15) is 12.1 Å². The summed E-state index contributed by atoms with van der Waals surface area (Å²) < 4.78 is 22.0. The van der Waals surface area contributed by atoms with E-state index in [9.17, 15) is 14.0 Å². The van der Waals surface area contributed by atoms with Crippen LogP contribution in [0.1, 0.15) is 34.6 Å². The van der Waals surface area contributed by atoms with E-state index < -0.39 is 5.82 Å². The Hall–Kier alpha value is -4.91. The van der Waals surface area contributed by atoms with Gasteiger partial charge in [-0.15, -0.1) is 0 Å². The smallest absolute Gasteiger partial charge is 0.153 e. The molecule has 0 bridgehead atoms. The normalized spacial score (nSPS) is 9.86. The Balaban J connectivity index is 0.000000190. The van der Waals surface area contributed by atoms with Gasteiger partial charge in [0.05, 0.1) is 46.2 Å². The molecule has 0 unspecified atom stereocenters. The predicted octanol–water partition coefficient (Wildman–Crippen LogP) is 11.1. The van der Waals surface area contributed by atoms with Crippen molar-refractivity contribution in [3.63, 3.8) is 0 Å². The average Bonchev–Trinajstić information content (AvgIpc) is 4.04. The van der Waals surface area contributed by atoms with Gasteiger partial charge in [0.15, 0.2) is 6.29 Å². The molecule has 4 aromatic heterocycles. The van der Waals surface area contributed by atoms with Gasteiger partial charge in [-0.05, 0) is 91.0 Å². The number of nitrogens with zero attached hydrogens (tertiary/aromatic N) is 7. The van der Waals surface area contributed by atoms with E-state index in [1.54, 1.807) is 29.2 Å². The highest BCUT2D eigenvalue weighted by molar-refractivity contribution is 9.11. The summed E-state index contributed by atoms with van der Waals surface area (Å²) in [5.41, 5.74) is 5.08. The van der Waals surface area contributed by atoms with Crippen molar-refractivity contribution in [2.45, 2.75) is 13.8 Å². The number of fused-ring (bicyclic) bond motifs is 4. The number of nitrogens with one attached hydrogen (secondary N) is 1. The standard InChI is InChI=1S/C9H8N2O.2C8H7BrN2.C7H4BrFO.C7H5BrN2.C2H6.H3NO/c1-11-9-3-2-7(6-12)4-8(9)5-10-11;1-11-5-6-4-7(9)2-3-8(6)10-11;1-11-8-3-2-7(9)4-6(8)5-10-11;8-6-1-2-7(9)5(3-6)4-10;8-6-1-2-7-5(3-6)4-9-10-7;2*1-2/h2-6H,1H3;2*2-5H,1H3;1-4H;1-4H,(H,9,10);1-2H3;2H,1H2. The molecule has 0 aliphatic rings. The number of carbonyl (C=O) groups excluding carboxylic acids is 2. The van der Waals surface area contributed by atoms with Crippen molar-refractivity contribution in [1.29, 1.82) is 0 Å². The van der Waals surface area contributed by atoms with Crippen LogP contribution in [0.25, 0.3) is 43.6 Å². The van der Waals surface area contributed by atoms with E-state index in [4.69, 9.17) is 5.21 Å². The number of carbonyl (C=O) groups is 2. The van der Waals surface area contributed by atoms with Gasteiger partial charge in [0, 0.05) is 72.3 Å². The van der Waals surface area contributed by atoms with Crippen molar-refractivity contribution < 1.29 is 19.2 Å². The molecule has 4 heterocycles. The van der Waals surface area contributed by atoms with Crippen molar-refractivity contribution >= 4 is 120 Å². The van der Waals surface area contributed by atoms with Crippen molar-refractivity contribution in [3.05, 3.63) is 151 Å². The van der Waals surface area contributed by atoms with Gasteiger partial charge >= 0.3 is 0 Å². The van der Waals surface area contributed by atoms with E-state index in [0.717, 1.165) is 52.5 Å². The van der Waals surface area contributed by atoms with Crippen molar-refractivity contribution in [1.82, 2.24) is 39.5 Å². The van der Waals surface area contributed by atoms with Crippen LogP contribution in [0.4, 0.5) is 4.39 Å². The molecule has 0 spiro atoms. The Labute approximate surface area is 367 Å². The van der Waals surface area contributed by atoms with Crippen molar-refractivity contribution in [2.75, 3.05) is 0 Å². The summed E-state index contributed by atoms with van der Waals surface area (Å²) in [6.07, 6.45) is 8.75. The summed E-state index contributed by atoms with van der Waals surface area (Å²) in [5.74, 6) is 3.01. The topological polar surface area (TPSA) is 163 Å². The van der Waals surface area contributed by atoms with Crippen LogP contribution in [-0.2, 0) is 21.1 Å². The Kier molecular flexibility index (Phi) is 19.7. The molecule has 4 N–H and O–H groups in total. The number of rotatable bonds is 2. The van der Waals surface area contributed by atoms with Gasteiger partial charge in [-0.25, -0.2) is 10.3 Å². The van der Waals surface area contributed by atoms with Gasteiger partial charge in [-0.2, -0.15) is 20.4 Å². The summed E-state index contributed by atoms with van der Waals surface area (Å²) in [7, 11) is 5.74. The molecule has 17 heteroatoms. The van der Waals surface area contributed by atoms with Crippen LogP contribution >= 0.6 is 63.7 Å². The van der Waals surface area contributed by atoms with E-state index in [-0.39, 0.29) is 5.56 Å². The van der Waals surface area contributed by atoms with Gasteiger partial charge in [0.25, 0.3) is 0 Å². The fraction of sp³-hybridized carbons (Fsp3) is 0.122. The number of aromatic nitrogens is 8. The monoisotopic (exact) mass is 1040 g/mol. The Bertz CT molecular complexity index is 2680. The first kappa shape index (κ1) is 47.5. The number of halogens is 5. The molecule has 0 saturated carbocycles. The van der Waals surface area contributed by atoms with E-state index in [1.807, 2.05) is 111 Å². The highest BCUT2D eigenvalue weighted by atomic mass is 79.9. The van der Waals surface area contributed by atoms with Crippen LogP contribution in [0, 0.1) is 5.82 Å². The second-order valence-electron chi connectivity index (χ2n) is 11.6. The third kappa shape index (κ3) is 13.9. The molecule has 9 rings (SSSR count). The molecule has 0 atom stereocenters. The molecule has 0 saturated heterocycles. The molecular formula is C41H40Br4FN9O3. The van der Waals surface area contributed by atoms with Gasteiger partial charge < -0.3 is 5.21 Å². The van der Waals surface area contributed by atoms with Gasteiger partial charge in [-0.1, -0.05) is 77.6 Å². The lowest BCUT2D eigenvalue weighted by atomic mass is 10.2. The molecule has 0 fully saturated rings. The Morgan fingerprint density at radius 2 is 1.16 bits per heavy atom. The molecular weight excluding hydrogens is 1010 g/mol. The number of nitrogens with two attached hydrogens (primary N) is 1. The summed E-state index contributed by atoms with van der Waals surface area (Å²) in [6.45, 7) is 4.00. The number of aromatic amines is 1. The summed E-state index contributed by atoms with van der Waals surface area (Å²) >= 11 is 13.3. The number of aldehydes is 2. The van der Waals surface area contributed by atoms with Crippen LogP contribution in [0.5, 0.6) is 0 Å². The van der Waals surface area contributed by atoms with Crippen LogP contribution in [0.3, 0.4) is 0 Å². The molecule has 302 valence electrons. The molecule has 0 amide bonds. The van der Waals surface area contributed by atoms with E-state index >= 15 is 0 Å². The van der Waals surface area contributed by atoms with Gasteiger partial charge in [-0.3, -0.25) is 28.7 Å². The molecule has 9 aromatic rings. The maximum Gasteiger partial charge on any atom is 0.153 e. The van der Waals surface area contributed by atoms with E-state index in [1.165, 1.54) is 22.9 Å². The predicted molar refractivity (Wildman–Crippen MR) is 244 cm³/mol. The third-order valence-corrected chi connectivity index (χ3v) is 9.66. The number of aryl methyl sites for hydroxylation is 3. The molecule has 0 radical (unpaired) electrons. The first-order chi connectivity index (χ1) is 27.9. The second kappa shape index (κ2) is 24.1. The minimum Gasteiger partial charge on any atom is -0.320 e. The van der Waals surface area contributed by atoms with Crippen LogP contribution in [0.15, 0.2) is 134 Å². The lowest BCUT2D eigenvalue weighted by molar-refractivity contribution is 0.111. The minimum atomic E-state index is -0.488. The molecule has 12 nitrogen and oxygen atoms in total. The third-order valence-electron chi connectivity index (χ3n) is 7.68. The van der Waals surface area contributed by atoms with Crippen LogP contribution in [-0.4, -0.2) is 57.3 Å². The number of hydrogen-bond donors (Lipinski definition) is 3. The largest absolute Gasteiger partial charge is 0.320 e. The van der Waals surface area contributed by atoms with E-state index in [2.05, 4.69) is 107 Å². The zero-order valence-corrected chi connectivity index (χ0v) is 38.3. The lowest BCUT2D eigenvalue weighted by Gasteiger charge is -1.93. The van der Waals surface area contributed by atoms with Crippen LogP contribution < -0.4 is 5.90 Å². The quantitative estimate of drug-likeness (QED) is 0.114. The van der Waals surface area contributed by atoms with Crippen molar-refractivity contribution in [2.24, 2.45) is 27.0 Å². The first-order valence-electron chi connectivity index (χ1n) is 17.2. The number of benzene rings is 5. The minimum absolute atomic E-state index is 0.0781. The highest BCUT2D eigenvalue weighted by Gasteiger charge is 2.01.